The summed E-state index contributed by atoms with van der Waals surface area (Å²) < 4.78 is 11.7. The SMILES string of the molecule is Cc1cc(C)cc(Oc2ccc(NC(=O)CCCC(=O)OCC(=O)Nc3ccc(Br)cc3)cc2)c1. The zero-order valence-electron chi connectivity index (χ0n) is 19.6. The second-order valence-electron chi connectivity index (χ2n) is 8.07. The lowest BCUT2D eigenvalue weighted by Crippen LogP contribution is -2.21. The zero-order chi connectivity index (χ0) is 25.2. The van der Waals surface area contributed by atoms with Gasteiger partial charge in [0.1, 0.15) is 11.5 Å². The molecule has 3 rings (SSSR count). The molecule has 0 bridgehead atoms. The normalized spacial score (nSPS) is 10.4. The molecule has 3 aromatic rings. The van der Waals surface area contributed by atoms with Crippen LogP contribution in [-0.2, 0) is 19.1 Å². The van der Waals surface area contributed by atoms with E-state index < -0.39 is 11.9 Å². The number of hydrogen-bond donors (Lipinski definition) is 2. The van der Waals surface area contributed by atoms with E-state index in [-0.39, 0.29) is 25.4 Å². The molecule has 2 N–H and O–H groups in total. The lowest BCUT2D eigenvalue weighted by Gasteiger charge is -2.10. The van der Waals surface area contributed by atoms with Gasteiger partial charge in [-0.15, -0.1) is 0 Å². The summed E-state index contributed by atoms with van der Waals surface area (Å²) >= 11 is 3.32. The number of benzene rings is 3. The third-order valence-corrected chi connectivity index (χ3v) is 5.37. The van der Waals surface area contributed by atoms with E-state index in [1.807, 2.05) is 26.0 Å². The molecule has 0 unspecified atom stereocenters. The monoisotopic (exact) mass is 538 g/mol. The van der Waals surface area contributed by atoms with E-state index in [0.717, 1.165) is 21.3 Å². The molecule has 182 valence electrons. The van der Waals surface area contributed by atoms with E-state index in [9.17, 15) is 14.4 Å². The molecule has 0 aliphatic heterocycles. The van der Waals surface area contributed by atoms with E-state index in [2.05, 4.69) is 32.6 Å². The van der Waals surface area contributed by atoms with Crippen LogP contribution in [-0.4, -0.2) is 24.4 Å². The van der Waals surface area contributed by atoms with Crippen LogP contribution < -0.4 is 15.4 Å². The van der Waals surface area contributed by atoms with E-state index in [1.165, 1.54) is 0 Å². The van der Waals surface area contributed by atoms with Crippen molar-refractivity contribution < 1.29 is 23.9 Å². The predicted octanol–water partition coefficient (Wildman–Crippen LogP) is 6.15. The summed E-state index contributed by atoms with van der Waals surface area (Å²) in [5, 5.41) is 5.43. The fourth-order valence-electron chi connectivity index (χ4n) is 3.30. The number of carbonyl (C=O) groups is 3. The summed E-state index contributed by atoms with van der Waals surface area (Å²) in [6.45, 7) is 3.65. The molecule has 0 fully saturated rings. The highest BCUT2D eigenvalue weighted by Crippen LogP contribution is 2.25. The van der Waals surface area contributed by atoms with E-state index in [1.54, 1.807) is 48.5 Å². The second kappa shape index (κ2) is 12.7. The number of anilines is 2. The van der Waals surface area contributed by atoms with E-state index in [0.29, 0.717) is 23.5 Å². The summed E-state index contributed by atoms with van der Waals surface area (Å²) in [7, 11) is 0. The summed E-state index contributed by atoms with van der Waals surface area (Å²) in [4.78, 5) is 35.9. The van der Waals surface area contributed by atoms with Gasteiger partial charge in [0.2, 0.25) is 5.91 Å². The van der Waals surface area contributed by atoms with Gasteiger partial charge in [-0.2, -0.15) is 0 Å². The molecule has 0 aromatic heterocycles. The molecule has 0 atom stereocenters. The van der Waals surface area contributed by atoms with Gasteiger partial charge in [0.15, 0.2) is 6.61 Å². The molecule has 7 nitrogen and oxygen atoms in total. The summed E-state index contributed by atoms with van der Waals surface area (Å²) in [6.07, 6.45) is 0.510. The standard InChI is InChI=1S/C27H27BrN2O5/c1-18-14-19(2)16-24(15-18)35-23-12-10-22(11-13-23)29-25(31)4-3-5-27(33)34-17-26(32)30-21-8-6-20(28)7-9-21/h6-16H,3-5,17H2,1-2H3,(H,29,31)(H,30,32). The number of carbonyl (C=O) groups excluding carboxylic acids is 3. The van der Waals surface area contributed by atoms with Crippen LogP contribution in [0, 0.1) is 13.8 Å². The molecule has 0 spiro atoms. The summed E-state index contributed by atoms with van der Waals surface area (Å²) in [5.41, 5.74) is 3.49. The first-order valence-electron chi connectivity index (χ1n) is 11.1. The smallest absolute Gasteiger partial charge is 0.306 e. The quantitative estimate of drug-likeness (QED) is 0.302. The first-order valence-corrected chi connectivity index (χ1v) is 11.9. The Hall–Kier alpha value is -3.65. The van der Waals surface area contributed by atoms with Crippen LogP contribution in [0.4, 0.5) is 11.4 Å². The highest BCUT2D eigenvalue weighted by molar-refractivity contribution is 9.10. The Morgan fingerprint density at radius 1 is 0.743 bits per heavy atom. The van der Waals surface area contributed by atoms with Crippen LogP contribution in [0.3, 0.4) is 0 Å². The van der Waals surface area contributed by atoms with Crippen molar-refractivity contribution in [1.29, 1.82) is 0 Å². The van der Waals surface area contributed by atoms with Gasteiger partial charge in [-0.25, -0.2) is 0 Å². The van der Waals surface area contributed by atoms with Crippen molar-refractivity contribution >= 4 is 45.1 Å². The third-order valence-electron chi connectivity index (χ3n) is 4.85. The lowest BCUT2D eigenvalue weighted by atomic mass is 10.1. The number of amides is 2. The average molecular weight is 539 g/mol. The maximum Gasteiger partial charge on any atom is 0.306 e. The predicted molar refractivity (Wildman–Crippen MR) is 139 cm³/mol. The molecule has 0 aliphatic rings. The number of ether oxygens (including phenoxy) is 2. The fourth-order valence-corrected chi connectivity index (χ4v) is 3.56. The van der Waals surface area contributed by atoms with Crippen LogP contribution in [0.2, 0.25) is 0 Å². The second-order valence-corrected chi connectivity index (χ2v) is 8.98. The highest BCUT2D eigenvalue weighted by atomic mass is 79.9. The Kier molecular flexibility index (Phi) is 9.43. The molecular formula is C27H27BrN2O5. The minimum absolute atomic E-state index is 0.0433. The van der Waals surface area contributed by atoms with Gasteiger partial charge in [0, 0.05) is 28.7 Å². The third kappa shape index (κ3) is 9.25. The van der Waals surface area contributed by atoms with E-state index in [4.69, 9.17) is 9.47 Å². The van der Waals surface area contributed by atoms with Gasteiger partial charge >= 0.3 is 5.97 Å². The Bertz CT molecular complexity index is 1160. The number of esters is 1. The number of halogens is 1. The zero-order valence-corrected chi connectivity index (χ0v) is 21.2. The van der Waals surface area contributed by atoms with Crippen LogP contribution >= 0.6 is 15.9 Å². The topological polar surface area (TPSA) is 93.7 Å². The summed E-state index contributed by atoms with van der Waals surface area (Å²) in [5.74, 6) is 0.255. The van der Waals surface area contributed by atoms with Gasteiger partial charge in [-0.05, 0) is 92.1 Å². The maximum atomic E-state index is 12.2. The summed E-state index contributed by atoms with van der Waals surface area (Å²) in [6, 6.07) is 20.1. The van der Waals surface area contributed by atoms with Crippen molar-refractivity contribution in [3.63, 3.8) is 0 Å². The van der Waals surface area contributed by atoms with Crippen LogP contribution in [0.15, 0.2) is 71.2 Å². The van der Waals surface area contributed by atoms with Crippen molar-refractivity contribution in [2.75, 3.05) is 17.2 Å². The minimum atomic E-state index is -0.531. The molecule has 0 radical (unpaired) electrons. The van der Waals surface area contributed by atoms with Crippen LogP contribution in [0.1, 0.15) is 30.4 Å². The van der Waals surface area contributed by atoms with Crippen molar-refractivity contribution in [2.45, 2.75) is 33.1 Å². The van der Waals surface area contributed by atoms with Crippen LogP contribution in [0.25, 0.3) is 0 Å². The number of rotatable bonds is 10. The fraction of sp³-hybridized carbons (Fsp3) is 0.222. The Balaban J connectivity index is 1.34. The molecule has 0 saturated carbocycles. The molecule has 0 saturated heterocycles. The highest BCUT2D eigenvalue weighted by Gasteiger charge is 2.10. The van der Waals surface area contributed by atoms with Crippen LogP contribution in [0.5, 0.6) is 11.5 Å². The van der Waals surface area contributed by atoms with Gasteiger partial charge in [0.25, 0.3) is 5.91 Å². The van der Waals surface area contributed by atoms with Gasteiger partial charge in [-0.1, -0.05) is 22.0 Å². The van der Waals surface area contributed by atoms with Gasteiger partial charge in [0.05, 0.1) is 0 Å². The van der Waals surface area contributed by atoms with Crippen molar-refractivity contribution in [2.24, 2.45) is 0 Å². The molecule has 0 heterocycles. The number of nitrogens with one attached hydrogen (secondary N) is 2. The number of hydrogen-bond acceptors (Lipinski definition) is 5. The average Bonchev–Trinajstić information content (AvgIpc) is 2.80. The molecule has 0 aliphatic carbocycles. The molecule has 3 aromatic carbocycles. The number of aryl methyl sites for hydroxylation is 2. The Morgan fingerprint density at radius 3 is 1.94 bits per heavy atom. The maximum absolute atomic E-state index is 12.2. The molecule has 35 heavy (non-hydrogen) atoms. The van der Waals surface area contributed by atoms with E-state index >= 15 is 0 Å². The molecular weight excluding hydrogens is 512 g/mol. The van der Waals surface area contributed by atoms with Gasteiger partial charge in [-0.3, -0.25) is 14.4 Å². The van der Waals surface area contributed by atoms with Gasteiger partial charge < -0.3 is 20.1 Å². The minimum Gasteiger partial charge on any atom is -0.457 e. The van der Waals surface area contributed by atoms with Crippen molar-refractivity contribution in [1.82, 2.24) is 0 Å². The molecule has 2 amide bonds. The van der Waals surface area contributed by atoms with Crippen molar-refractivity contribution in [3.8, 4) is 11.5 Å². The Labute approximate surface area is 213 Å². The lowest BCUT2D eigenvalue weighted by molar-refractivity contribution is -0.147. The first-order chi connectivity index (χ1) is 16.8. The van der Waals surface area contributed by atoms with Crippen molar-refractivity contribution in [3.05, 3.63) is 82.3 Å². The largest absolute Gasteiger partial charge is 0.457 e. The first kappa shape index (κ1) is 26.0. The molecule has 8 heteroatoms. The Morgan fingerprint density at radius 2 is 1.31 bits per heavy atom.